The minimum absolute atomic E-state index is 0.00845. The van der Waals surface area contributed by atoms with Gasteiger partial charge in [0.2, 0.25) is 11.8 Å². The highest BCUT2D eigenvalue weighted by atomic mass is 33.1. The van der Waals surface area contributed by atoms with Crippen molar-refractivity contribution in [3.05, 3.63) is 24.4 Å². The maximum Gasteiger partial charge on any atom is 0.222 e. The molecule has 1 heterocycles. The fourth-order valence-corrected chi connectivity index (χ4v) is 10.8. The average Bonchev–Trinajstić information content (AvgIpc) is 0.957. The summed E-state index contributed by atoms with van der Waals surface area (Å²) in [5.41, 5.74) is 0. The Labute approximate surface area is 740 Å². The molecule has 0 bridgehead atoms. The second kappa shape index (κ2) is 110. The van der Waals surface area contributed by atoms with Crippen LogP contribution in [0, 0.1) is 0 Å². The highest BCUT2D eigenvalue weighted by molar-refractivity contribution is 8.76. The predicted molar refractivity (Wildman–Crippen MR) is 456 cm³/mol. The summed E-state index contributed by atoms with van der Waals surface area (Å²) < 4.78 is 188. The molecule has 0 atom stereocenters. The minimum Gasteiger partial charge on any atom is -0.379 e. The molecular formula is C82H157N3O36S2. The van der Waals surface area contributed by atoms with Gasteiger partial charge in [-0.15, -0.1) is 0 Å². The lowest BCUT2D eigenvalue weighted by Gasteiger charge is -2.09. The number of aromatic nitrogens is 1. The van der Waals surface area contributed by atoms with Gasteiger partial charge < -0.3 is 172 Å². The summed E-state index contributed by atoms with van der Waals surface area (Å²) >= 11 is 0. The third-order valence-electron chi connectivity index (χ3n) is 15.1. The van der Waals surface area contributed by atoms with Gasteiger partial charge in [0.15, 0.2) is 0 Å². The number of hydrogen-bond acceptors (Lipinski definition) is 39. The Morgan fingerprint density at radius 1 is 0.220 bits per heavy atom. The Kier molecular flexibility index (Phi) is 106. The number of hydrogen-bond donors (Lipinski definition) is 2. The first kappa shape index (κ1) is 118. The molecule has 0 unspecified atom stereocenters. The van der Waals surface area contributed by atoms with Gasteiger partial charge in [0.25, 0.3) is 0 Å². The third kappa shape index (κ3) is 106. The molecule has 0 saturated heterocycles. The number of pyridine rings is 1. The van der Waals surface area contributed by atoms with E-state index >= 15 is 0 Å². The number of carbonyl (C=O) groups excluding carboxylic acids is 2. The fraction of sp³-hybridized carbons (Fsp3) is 0.915. The van der Waals surface area contributed by atoms with Crippen molar-refractivity contribution in [3.8, 4) is 0 Å². The first-order chi connectivity index (χ1) is 61.2. The zero-order valence-corrected chi connectivity index (χ0v) is 75.7. The van der Waals surface area contributed by atoms with Gasteiger partial charge in [-0.1, -0.05) is 23.8 Å². The largest absolute Gasteiger partial charge is 0.379 e. The first-order valence-electron chi connectivity index (χ1n) is 43.6. The quantitative estimate of drug-likeness (QED) is 0.0699. The van der Waals surface area contributed by atoms with E-state index in [1.807, 2.05) is 18.2 Å². The van der Waals surface area contributed by atoms with Gasteiger partial charge in [-0.2, -0.15) is 0 Å². The fourth-order valence-electron chi connectivity index (χ4n) is 8.89. The van der Waals surface area contributed by atoms with Crippen molar-refractivity contribution >= 4 is 33.4 Å². The van der Waals surface area contributed by atoms with Crippen LogP contribution >= 0.6 is 21.6 Å². The normalized spacial score (nSPS) is 11.7. The van der Waals surface area contributed by atoms with Crippen molar-refractivity contribution in [2.45, 2.75) is 31.2 Å². The van der Waals surface area contributed by atoms with Gasteiger partial charge >= 0.3 is 0 Å². The Morgan fingerprint density at radius 2 is 0.382 bits per heavy atom. The Balaban J connectivity index is 1.60. The number of rotatable bonds is 112. The summed E-state index contributed by atoms with van der Waals surface area (Å²) in [6.07, 6.45) is 3.47. The molecule has 0 aliphatic rings. The summed E-state index contributed by atoms with van der Waals surface area (Å²) in [4.78, 5) is 28.2. The summed E-state index contributed by atoms with van der Waals surface area (Å²) in [6, 6.07) is 5.77. The van der Waals surface area contributed by atoms with Crippen molar-refractivity contribution in [1.29, 1.82) is 0 Å². The van der Waals surface area contributed by atoms with Crippen LogP contribution < -0.4 is 10.6 Å². The van der Waals surface area contributed by atoms with Crippen molar-refractivity contribution in [1.82, 2.24) is 15.6 Å². The third-order valence-corrected chi connectivity index (χ3v) is 17.3. The molecule has 0 fully saturated rings. The summed E-state index contributed by atoms with van der Waals surface area (Å²) in [6.45, 7) is 35.2. The summed E-state index contributed by atoms with van der Waals surface area (Å²) in [5.74, 6) is 0.616. The maximum absolute atomic E-state index is 12.1. The van der Waals surface area contributed by atoms with Crippen LogP contribution in [0.5, 0.6) is 0 Å². The smallest absolute Gasteiger partial charge is 0.222 e. The van der Waals surface area contributed by atoms with E-state index in [9.17, 15) is 9.59 Å². The molecule has 41 heteroatoms. The van der Waals surface area contributed by atoms with Crippen LogP contribution in [0.3, 0.4) is 0 Å². The molecule has 0 aliphatic heterocycles. The number of carbonyl (C=O) groups is 2. The number of amides is 2. The van der Waals surface area contributed by atoms with E-state index in [1.165, 1.54) is 0 Å². The van der Waals surface area contributed by atoms with E-state index < -0.39 is 0 Å². The number of nitrogens with one attached hydrogen (secondary N) is 2. The van der Waals surface area contributed by atoms with Crippen molar-refractivity contribution in [3.63, 3.8) is 0 Å². The standard InChI is InChI=1S/C82H157N3O36S2/c1-2-11-88-15-19-92-23-27-96-31-35-100-39-43-104-47-49-106-45-41-102-37-33-98-29-25-94-21-17-90-13-9-83-80(86)6-12-89-16-20-93-24-28-97-32-36-101-40-44-105-48-51-108-53-55-110-57-59-112-61-63-114-65-67-116-69-71-118-73-75-120-77-78-121-76-74-119-72-70-117-68-66-115-64-62-113-60-58-111-56-54-109-52-50-107-46-42-103-38-34-99-30-26-95-22-18-91-14-10-84-81(87)7-79-122-123-82-5-3-4-8-85-82/h3-5,8H,2,6-7,9-79H2,1H3,(H,83,86)(H,84,87). The summed E-state index contributed by atoms with van der Waals surface area (Å²) in [7, 11) is 3.18. The lowest BCUT2D eigenvalue weighted by Crippen LogP contribution is -2.28. The Bertz CT molecular complexity index is 2150. The van der Waals surface area contributed by atoms with Gasteiger partial charge in [0.05, 0.1) is 443 Å². The maximum atomic E-state index is 12.1. The van der Waals surface area contributed by atoms with E-state index in [4.69, 9.17) is 161 Å². The molecule has 2 amide bonds. The van der Waals surface area contributed by atoms with Crippen LogP contribution in [0.2, 0.25) is 0 Å². The minimum atomic E-state index is -0.106. The molecular weight excluding hydrogens is 1670 g/mol. The van der Waals surface area contributed by atoms with Crippen LogP contribution in [0.1, 0.15) is 26.2 Å². The Morgan fingerprint density at radius 3 is 0.553 bits per heavy atom. The van der Waals surface area contributed by atoms with E-state index in [-0.39, 0.29) is 18.2 Å². The topological polar surface area (TPSA) is 385 Å². The molecule has 1 rings (SSSR count). The monoisotopic (exact) mass is 1820 g/mol. The molecule has 0 radical (unpaired) electrons. The van der Waals surface area contributed by atoms with Crippen molar-refractivity contribution in [2.24, 2.45) is 0 Å². The van der Waals surface area contributed by atoms with E-state index in [0.717, 1.165) is 18.1 Å². The van der Waals surface area contributed by atoms with Crippen LogP contribution in [0.25, 0.3) is 0 Å². The molecule has 0 aliphatic carbocycles. The first-order valence-corrected chi connectivity index (χ1v) is 45.9. The number of ether oxygens (including phenoxy) is 34. The molecule has 123 heavy (non-hydrogen) atoms. The van der Waals surface area contributed by atoms with Gasteiger partial charge in [-0.25, -0.2) is 4.98 Å². The molecule has 1 aromatic rings. The molecule has 0 spiro atoms. The average molecular weight is 1830 g/mol. The van der Waals surface area contributed by atoms with Crippen molar-refractivity contribution in [2.75, 3.05) is 468 Å². The molecule has 2 N–H and O–H groups in total. The molecule has 0 aromatic carbocycles. The van der Waals surface area contributed by atoms with Gasteiger partial charge in [-0.05, 0) is 29.3 Å². The molecule has 39 nitrogen and oxygen atoms in total. The summed E-state index contributed by atoms with van der Waals surface area (Å²) in [5, 5.41) is 6.60. The SMILES string of the molecule is CCCOCCOCCOCCOCCOCCOCCOCCOCCOCCOCCNC(=O)CCOCCOCCOCCOCCOCCOCCOCCOCCOCCOCCOCCOCCOCCOCCOCCOCCOCCOCCOCCOCCOCCOCCOCCOCCNC(=O)CCSSc1ccccn1. The zero-order chi connectivity index (χ0) is 87.5. The highest BCUT2D eigenvalue weighted by Crippen LogP contribution is 2.29. The van der Waals surface area contributed by atoms with Gasteiger partial charge in [0, 0.05) is 44.5 Å². The highest BCUT2D eigenvalue weighted by Gasteiger charge is 2.07. The molecule has 1 aromatic heterocycles. The van der Waals surface area contributed by atoms with Gasteiger partial charge in [0.1, 0.15) is 5.03 Å². The second-order valence-corrected chi connectivity index (χ2v) is 27.5. The van der Waals surface area contributed by atoms with E-state index in [0.29, 0.717) is 468 Å². The van der Waals surface area contributed by atoms with Crippen LogP contribution in [0.15, 0.2) is 29.4 Å². The van der Waals surface area contributed by atoms with Gasteiger partial charge in [-0.3, -0.25) is 9.59 Å². The van der Waals surface area contributed by atoms with E-state index in [1.54, 1.807) is 27.8 Å². The van der Waals surface area contributed by atoms with Crippen LogP contribution in [0.4, 0.5) is 0 Å². The second-order valence-electron chi connectivity index (χ2n) is 25.1. The lowest BCUT2D eigenvalue weighted by molar-refractivity contribution is -0.122. The number of nitrogens with zero attached hydrogens (tertiary/aromatic N) is 1. The zero-order valence-electron chi connectivity index (χ0n) is 74.1. The van der Waals surface area contributed by atoms with Crippen LogP contribution in [-0.2, 0) is 171 Å². The Hall–Kier alpha value is -2.57. The molecule has 0 saturated carbocycles. The van der Waals surface area contributed by atoms with Crippen molar-refractivity contribution < 1.29 is 171 Å². The lowest BCUT2D eigenvalue weighted by atomic mass is 10.4. The van der Waals surface area contributed by atoms with Crippen LogP contribution in [-0.4, -0.2) is 485 Å². The predicted octanol–water partition coefficient (Wildman–Crippen LogP) is 2.81. The molecule has 728 valence electrons. The van der Waals surface area contributed by atoms with E-state index in [2.05, 4.69) is 22.5 Å².